The molecule has 15 heavy (non-hydrogen) atoms. The van der Waals surface area contributed by atoms with Gasteiger partial charge in [-0.3, -0.25) is 25.6 Å². The molecule has 1 atom stereocenters. The normalized spacial score (nSPS) is 11.7. The van der Waals surface area contributed by atoms with Crippen LogP contribution in [0.25, 0.3) is 0 Å². The fraction of sp³-hybridized carbons (Fsp3) is 0.625. The summed E-state index contributed by atoms with van der Waals surface area (Å²) in [7, 11) is 1.58. The van der Waals surface area contributed by atoms with Crippen molar-refractivity contribution in [3.8, 4) is 0 Å². The Labute approximate surface area is 88.3 Å². The molecule has 0 aromatic heterocycles. The number of guanidine groups is 1. The molecule has 0 aliphatic carbocycles. The predicted molar refractivity (Wildman–Crippen MR) is 56.1 cm³/mol. The number of nitrogens with two attached hydrogens (primary N) is 3. The molecule has 0 aromatic rings. The summed E-state index contributed by atoms with van der Waals surface area (Å²) >= 11 is 0. The van der Waals surface area contributed by atoms with Gasteiger partial charge in [-0.15, -0.1) is 0 Å². The third-order valence-corrected chi connectivity index (χ3v) is 1.86. The number of hydrogen-bond donors (Lipinski definition) is 4. The van der Waals surface area contributed by atoms with Crippen LogP contribution in [-0.2, 0) is 9.59 Å². The zero-order chi connectivity index (χ0) is 12.0. The van der Waals surface area contributed by atoms with E-state index in [9.17, 15) is 9.59 Å². The number of likely N-dealkylation sites (N-methyl/N-ethyl adjacent to an activating group) is 1. The Morgan fingerprint density at radius 3 is 2.33 bits per heavy atom. The Hall–Kier alpha value is -1.63. The molecule has 0 radical (unpaired) electrons. The van der Waals surface area contributed by atoms with Crippen molar-refractivity contribution in [1.82, 2.24) is 5.32 Å². The molecule has 1 unspecified atom stereocenters. The first-order chi connectivity index (χ1) is 6.84. The van der Waals surface area contributed by atoms with Gasteiger partial charge in [0.05, 0.1) is 13.1 Å². The van der Waals surface area contributed by atoms with Crippen molar-refractivity contribution in [3.63, 3.8) is 0 Å². The Bertz CT molecular complexity index is 283. The molecule has 0 aromatic carbocycles. The summed E-state index contributed by atoms with van der Waals surface area (Å²) in [5.41, 5.74) is 15.9. The zero-order valence-corrected chi connectivity index (χ0v) is 8.99. The molecule has 86 valence electrons. The predicted octanol–water partition coefficient (Wildman–Crippen LogP) is -3.07. The number of amides is 1. The lowest BCUT2D eigenvalue weighted by Crippen LogP contribution is -2.45. The Morgan fingerprint density at radius 2 is 1.93 bits per heavy atom. The molecule has 0 spiro atoms. The van der Waals surface area contributed by atoms with Crippen LogP contribution in [0.2, 0.25) is 0 Å². The lowest BCUT2D eigenvalue weighted by Gasteiger charge is -2.09. The summed E-state index contributed by atoms with van der Waals surface area (Å²) in [6.07, 6.45) is 0. The van der Waals surface area contributed by atoms with Crippen LogP contribution >= 0.6 is 0 Å². The molecule has 0 saturated carbocycles. The number of nitrogens with one attached hydrogen (secondary N) is 1. The van der Waals surface area contributed by atoms with Crippen molar-refractivity contribution < 1.29 is 14.2 Å². The number of carbonyl (C=O) groups excluding carboxylic acids is 2. The summed E-state index contributed by atoms with van der Waals surface area (Å²) in [6, 6.07) is -0.668. The summed E-state index contributed by atoms with van der Waals surface area (Å²) in [5.74, 6) is -0.405. The second-order valence-electron chi connectivity index (χ2n) is 3.30. The van der Waals surface area contributed by atoms with Crippen LogP contribution in [0.5, 0.6) is 0 Å². The molecule has 0 aliphatic heterocycles. The molecule has 0 saturated heterocycles. The molecule has 0 heterocycles. The van der Waals surface area contributed by atoms with Crippen LogP contribution in [0.4, 0.5) is 0 Å². The van der Waals surface area contributed by atoms with Crippen molar-refractivity contribution in [2.24, 2.45) is 17.2 Å². The SMILES string of the molecule is CC(=O)C(N)CNC(=O)C[N+](C)=C(N)N. The topological polar surface area (TPSA) is 127 Å². The average molecular weight is 216 g/mol. The van der Waals surface area contributed by atoms with E-state index in [0.717, 1.165) is 0 Å². The van der Waals surface area contributed by atoms with E-state index in [1.165, 1.54) is 11.5 Å². The van der Waals surface area contributed by atoms with Gasteiger partial charge in [0.1, 0.15) is 12.3 Å². The van der Waals surface area contributed by atoms with Crippen molar-refractivity contribution in [1.29, 1.82) is 0 Å². The van der Waals surface area contributed by atoms with Crippen LogP contribution in [0.15, 0.2) is 0 Å². The van der Waals surface area contributed by atoms with Gasteiger partial charge in [-0.1, -0.05) is 0 Å². The average Bonchev–Trinajstić information content (AvgIpc) is 2.13. The molecule has 1 amide bonds. The quantitative estimate of drug-likeness (QED) is 0.220. The van der Waals surface area contributed by atoms with Crippen LogP contribution in [-0.4, -0.2) is 48.4 Å². The molecule has 7 nitrogen and oxygen atoms in total. The van der Waals surface area contributed by atoms with E-state index in [2.05, 4.69) is 5.32 Å². The van der Waals surface area contributed by atoms with Crippen molar-refractivity contribution >= 4 is 17.6 Å². The fourth-order valence-corrected chi connectivity index (χ4v) is 0.730. The molecule has 0 fully saturated rings. The highest BCUT2D eigenvalue weighted by molar-refractivity contribution is 5.83. The van der Waals surface area contributed by atoms with Crippen LogP contribution in [0, 0.1) is 0 Å². The minimum Gasteiger partial charge on any atom is -0.351 e. The smallest absolute Gasteiger partial charge is 0.341 e. The summed E-state index contributed by atoms with van der Waals surface area (Å²) in [5, 5.41) is 2.50. The Morgan fingerprint density at radius 1 is 1.40 bits per heavy atom. The Kier molecular flexibility index (Phi) is 5.32. The summed E-state index contributed by atoms with van der Waals surface area (Å²) in [4.78, 5) is 22.0. The molecule has 7 N–H and O–H groups in total. The van der Waals surface area contributed by atoms with Gasteiger partial charge in [0, 0.05) is 6.54 Å². The van der Waals surface area contributed by atoms with Crippen LogP contribution < -0.4 is 22.5 Å². The second-order valence-corrected chi connectivity index (χ2v) is 3.30. The van der Waals surface area contributed by atoms with E-state index in [-0.39, 0.29) is 30.7 Å². The number of Topliss-reactive ketones (excluding diaryl/α,β-unsaturated/α-hetero) is 1. The second kappa shape index (κ2) is 5.97. The maximum Gasteiger partial charge on any atom is 0.341 e. The molecular formula is C8H18N5O2+. The molecule has 0 rings (SSSR count). The van der Waals surface area contributed by atoms with Gasteiger partial charge >= 0.3 is 5.96 Å². The number of nitrogens with zero attached hydrogens (tertiary/aromatic N) is 1. The first-order valence-corrected chi connectivity index (χ1v) is 4.46. The largest absolute Gasteiger partial charge is 0.351 e. The monoisotopic (exact) mass is 216 g/mol. The lowest BCUT2D eigenvalue weighted by molar-refractivity contribution is -0.487. The van der Waals surface area contributed by atoms with Gasteiger partial charge in [-0.05, 0) is 6.92 Å². The summed E-state index contributed by atoms with van der Waals surface area (Å²) < 4.78 is 1.38. The van der Waals surface area contributed by atoms with Crippen LogP contribution in [0.1, 0.15) is 6.92 Å². The third kappa shape index (κ3) is 5.63. The fourth-order valence-electron chi connectivity index (χ4n) is 0.730. The van der Waals surface area contributed by atoms with E-state index >= 15 is 0 Å². The number of carbonyl (C=O) groups is 2. The van der Waals surface area contributed by atoms with Crippen molar-refractivity contribution in [3.05, 3.63) is 0 Å². The van der Waals surface area contributed by atoms with E-state index in [1.807, 2.05) is 0 Å². The van der Waals surface area contributed by atoms with Gasteiger partial charge < -0.3 is 11.1 Å². The van der Waals surface area contributed by atoms with Gasteiger partial charge in [0.15, 0.2) is 0 Å². The number of ketones is 1. The first kappa shape index (κ1) is 13.4. The van der Waals surface area contributed by atoms with Gasteiger partial charge in [0.25, 0.3) is 5.91 Å². The highest BCUT2D eigenvalue weighted by Crippen LogP contribution is 1.79. The highest BCUT2D eigenvalue weighted by Gasteiger charge is 2.11. The number of rotatable bonds is 5. The van der Waals surface area contributed by atoms with E-state index in [1.54, 1.807) is 7.05 Å². The Balaban J connectivity index is 3.97. The molecule has 0 aliphatic rings. The maximum atomic E-state index is 11.2. The van der Waals surface area contributed by atoms with E-state index in [0.29, 0.717) is 0 Å². The third-order valence-electron chi connectivity index (χ3n) is 1.86. The van der Waals surface area contributed by atoms with Gasteiger partial charge in [0.2, 0.25) is 0 Å². The zero-order valence-electron chi connectivity index (χ0n) is 8.99. The van der Waals surface area contributed by atoms with E-state index < -0.39 is 6.04 Å². The molecular weight excluding hydrogens is 198 g/mol. The minimum absolute atomic E-state index is 0.0347. The summed E-state index contributed by atoms with van der Waals surface area (Å²) in [6.45, 7) is 1.52. The van der Waals surface area contributed by atoms with Crippen molar-refractivity contribution in [2.45, 2.75) is 13.0 Å². The standard InChI is InChI=1S/C8H17N5O2/c1-5(14)6(9)3-12-7(15)4-13(2)8(10)11/h6H,3-4,9H2,1-2H3,(H4,10,11,12,15)/p+1. The maximum absolute atomic E-state index is 11.2. The number of hydrogen-bond acceptors (Lipinski definition) is 3. The van der Waals surface area contributed by atoms with E-state index in [4.69, 9.17) is 17.2 Å². The van der Waals surface area contributed by atoms with Crippen LogP contribution in [0.3, 0.4) is 0 Å². The van der Waals surface area contributed by atoms with Gasteiger partial charge in [-0.25, -0.2) is 0 Å². The minimum atomic E-state index is -0.668. The highest BCUT2D eigenvalue weighted by atomic mass is 16.2. The first-order valence-electron chi connectivity index (χ1n) is 4.46. The van der Waals surface area contributed by atoms with Crippen molar-refractivity contribution in [2.75, 3.05) is 20.1 Å². The van der Waals surface area contributed by atoms with Gasteiger partial charge in [-0.2, -0.15) is 0 Å². The lowest BCUT2D eigenvalue weighted by atomic mass is 10.2. The molecule has 0 bridgehead atoms. The molecule has 7 heteroatoms.